The molecule has 12 rings (SSSR count). The number of amides is 4. The number of nitrogens with one attached hydrogen (secondary N) is 1. The van der Waals surface area contributed by atoms with Crippen LogP contribution in [-0.2, 0) is 31.1 Å². The third-order valence-corrected chi connectivity index (χ3v) is 17.0. The third-order valence-electron chi connectivity index (χ3n) is 17.0. The van der Waals surface area contributed by atoms with Crippen molar-refractivity contribution in [1.82, 2.24) is 20.0 Å². The summed E-state index contributed by atoms with van der Waals surface area (Å²) in [5.74, 6) is 4.97. The maximum Gasteiger partial charge on any atom is 0.329 e. The number of ether oxygens (including phenoxy) is 4. The van der Waals surface area contributed by atoms with Gasteiger partial charge in [-0.2, -0.15) is 0 Å². The number of cyclic esters (lactones) is 1. The highest BCUT2D eigenvalue weighted by Gasteiger charge is 2.76. The number of morpholine rings is 1. The van der Waals surface area contributed by atoms with Gasteiger partial charge in [0.1, 0.15) is 35.5 Å². The van der Waals surface area contributed by atoms with Crippen molar-refractivity contribution in [3.63, 3.8) is 0 Å². The summed E-state index contributed by atoms with van der Waals surface area (Å²) in [7, 11) is 0. The van der Waals surface area contributed by atoms with E-state index in [-0.39, 0.29) is 38.8 Å². The summed E-state index contributed by atoms with van der Waals surface area (Å²) in [6, 6.07) is 42.4. The molecule has 80 heavy (non-hydrogen) atoms. The second kappa shape index (κ2) is 22.3. The van der Waals surface area contributed by atoms with Gasteiger partial charge in [0.2, 0.25) is 18.6 Å². The number of carbonyl (C=O) groups excluding carboxylic acids is 4. The number of anilines is 1. The van der Waals surface area contributed by atoms with Crippen LogP contribution in [0.3, 0.4) is 0 Å². The summed E-state index contributed by atoms with van der Waals surface area (Å²) in [6.07, 6.45) is 3.77. The molecule has 0 radical (unpaired) electrons. The first-order valence-electron chi connectivity index (χ1n) is 28.0. The molecule has 15 nitrogen and oxygen atoms in total. The molecule has 15 heteroatoms. The van der Waals surface area contributed by atoms with Gasteiger partial charge in [-0.1, -0.05) is 134 Å². The Morgan fingerprint density at radius 1 is 0.750 bits per heavy atom. The van der Waals surface area contributed by atoms with Gasteiger partial charge in [-0.3, -0.25) is 24.2 Å². The number of aliphatic hydroxyl groups is 2. The van der Waals surface area contributed by atoms with Gasteiger partial charge >= 0.3 is 12.0 Å². The molecule has 7 atom stereocenters. The highest BCUT2D eigenvalue weighted by atomic mass is 16.7. The van der Waals surface area contributed by atoms with E-state index in [1.165, 1.54) is 0 Å². The molecule has 6 aromatic rings. The van der Waals surface area contributed by atoms with Crippen LogP contribution in [0.4, 0.5) is 10.5 Å². The van der Waals surface area contributed by atoms with Gasteiger partial charge in [0.15, 0.2) is 11.5 Å². The topological polar surface area (TPSA) is 171 Å². The fourth-order valence-electron chi connectivity index (χ4n) is 13.2. The number of imide groups is 1. The highest BCUT2D eigenvalue weighted by molar-refractivity contribution is 6.24. The lowest BCUT2D eigenvalue weighted by Crippen LogP contribution is -2.59. The van der Waals surface area contributed by atoms with E-state index in [9.17, 15) is 10.2 Å². The molecule has 1 spiro atoms. The van der Waals surface area contributed by atoms with Crippen molar-refractivity contribution in [1.29, 1.82) is 0 Å². The van der Waals surface area contributed by atoms with Crippen LogP contribution in [-0.4, -0.2) is 107 Å². The Bertz CT molecular complexity index is 3330. The Hall–Kier alpha value is -8.00. The number of piperazine rings is 1. The number of fused-ring (bicyclic) bond motifs is 4. The summed E-state index contributed by atoms with van der Waals surface area (Å²) in [6.45, 7) is 3.81. The third kappa shape index (κ3) is 9.74. The number of aliphatic hydroxyl groups excluding tert-OH is 1. The second-order valence-electron chi connectivity index (χ2n) is 21.8. The van der Waals surface area contributed by atoms with E-state index in [0.29, 0.717) is 72.0 Å². The lowest BCUT2D eigenvalue weighted by molar-refractivity contribution is -0.179. The Kier molecular flexibility index (Phi) is 14.7. The first-order valence-corrected chi connectivity index (χ1v) is 28.0. The largest absolute Gasteiger partial charge is 0.491 e. The van der Waals surface area contributed by atoms with E-state index < -0.39 is 71.0 Å². The SMILES string of the molecule is C[C@@H](NC(=O)N1C(=O)[C@@]2(c3cc(C#CC4(O)CCCCCC4)ccc31)[C@H](C(=O)N1CCN(Cc3ccc4c(c3)OCO4)CC1)[C@H]1C(=O)O[C@H](c3ccccc3)[C@H](c3ccccc3)N1[C@@H]2c1cccc(OCCO)c1)c1ccccc1. The molecule has 4 amide bonds. The van der Waals surface area contributed by atoms with E-state index in [2.05, 4.69) is 22.1 Å². The number of hydrogen-bond donors (Lipinski definition) is 3. The molecule has 0 aromatic heterocycles. The van der Waals surface area contributed by atoms with Crippen LogP contribution in [0.5, 0.6) is 17.2 Å². The fourth-order valence-corrected chi connectivity index (χ4v) is 13.2. The standard InChI is InChI=1S/C65H65N5O10/c1-43(46-16-7-4-8-17-46)66-63(75)69-52-26-24-44(28-31-64(76)29-13-2-3-14-30-64)38-51(52)65(62(69)74)55(60(72)68-34-32-67(33-35-68)41-45-25-27-53-54(39-45)79-42-78-53)57-61(73)80-58(48-20-11-6-12-21-48)56(47-18-9-5-10-19-47)70(57)59(65)49-22-15-23-50(40-49)77-37-36-71/h4-12,15-27,38-40,43,55-59,71,76H,2-3,13-14,29-30,32-37,41-42H2,1H3,(H,66,75)/t43-,55+,56+,57+,58-,59-,65+/m1/s1. The first kappa shape index (κ1) is 52.7. The van der Waals surface area contributed by atoms with E-state index in [1.807, 2.05) is 127 Å². The van der Waals surface area contributed by atoms with Crippen molar-refractivity contribution in [2.24, 2.45) is 5.92 Å². The van der Waals surface area contributed by atoms with Crippen molar-refractivity contribution in [3.05, 3.63) is 191 Å². The Balaban J connectivity index is 1.07. The van der Waals surface area contributed by atoms with Gasteiger partial charge in [-0.15, -0.1) is 0 Å². The monoisotopic (exact) mass is 1080 g/mol. The predicted octanol–water partition coefficient (Wildman–Crippen LogP) is 8.70. The van der Waals surface area contributed by atoms with Crippen LogP contribution in [0.25, 0.3) is 0 Å². The smallest absolute Gasteiger partial charge is 0.329 e. The minimum Gasteiger partial charge on any atom is -0.491 e. The van der Waals surface area contributed by atoms with Crippen molar-refractivity contribution in [3.8, 4) is 29.1 Å². The van der Waals surface area contributed by atoms with Gasteiger partial charge in [0, 0.05) is 38.3 Å². The van der Waals surface area contributed by atoms with Crippen LogP contribution in [0.2, 0.25) is 0 Å². The molecule has 4 fully saturated rings. The number of urea groups is 1. The van der Waals surface area contributed by atoms with Crippen molar-refractivity contribution in [2.75, 3.05) is 51.1 Å². The second-order valence-corrected chi connectivity index (χ2v) is 21.8. The Labute approximate surface area is 466 Å². The zero-order chi connectivity index (χ0) is 55.0. The zero-order valence-electron chi connectivity index (χ0n) is 44.7. The molecule has 0 bridgehead atoms. The first-order chi connectivity index (χ1) is 39.0. The van der Waals surface area contributed by atoms with Gasteiger partial charge in [0.05, 0.1) is 36.3 Å². The minimum atomic E-state index is -2.04. The van der Waals surface area contributed by atoms with Crippen LogP contribution in [0, 0.1) is 17.8 Å². The number of nitrogens with zero attached hydrogens (tertiary/aromatic N) is 4. The summed E-state index contributed by atoms with van der Waals surface area (Å²) in [5.41, 5.74) is 1.59. The maximum absolute atomic E-state index is 17.1. The van der Waals surface area contributed by atoms with Gasteiger partial charge in [-0.25, -0.2) is 9.69 Å². The molecule has 3 N–H and O–H groups in total. The Morgan fingerprint density at radius 3 is 2.16 bits per heavy atom. The quantitative estimate of drug-likeness (QED) is 0.0642. The van der Waals surface area contributed by atoms with Crippen LogP contribution >= 0.6 is 0 Å². The molecule has 5 heterocycles. The fraction of sp³-hybridized carbons (Fsp3) is 0.354. The number of esters is 1. The average molecular weight is 1080 g/mol. The van der Waals surface area contributed by atoms with E-state index in [0.717, 1.165) is 47.3 Å². The summed E-state index contributed by atoms with van der Waals surface area (Å²) in [5, 5.41) is 25.0. The van der Waals surface area contributed by atoms with Crippen LogP contribution in [0.15, 0.2) is 152 Å². The number of carbonyl (C=O) groups is 4. The zero-order valence-corrected chi connectivity index (χ0v) is 44.7. The highest BCUT2D eigenvalue weighted by Crippen LogP contribution is 2.66. The lowest BCUT2D eigenvalue weighted by atomic mass is 9.64. The normalized spacial score (nSPS) is 24.5. The molecular formula is C65H65N5O10. The number of rotatable bonds is 11. The van der Waals surface area contributed by atoms with Crippen LogP contribution in [0.1, 0.15) is 109 Å². The molecule has 0 unspecified atom stereocenters. The molecule has 6 aliphatic rings. The molecule has 1 saturated carbocycles. The molecular weight excluding hydrogens is 1010 g/mol. The van der Waals surface area contributed by atoms with Crippen molar-refractivity contribution >= 4 is 29.5 Å². The van der Waals surface area contributed by atoms with Gasteiger partial charge in [0.25, 0.3) is 0 Å². The molecule has 6 aromatic carbocycles. The van der Waals surface area contributed by atoms with Crippen molar-refractivity contribution < 1.29 is 48.3 Å². The summed E-state index contributed by atoms with van der Waals surface area (Å²) < 4.78 is 24.2. The van der Waals surface area contributed by atoms with Crippen LogP contribution < -0.4 is 24.4 Å². The van der Waals surface area contributed by atoms with E-state index in [1.54, 1.807) is 41.3 Å². The summed E-state index contributed by atoms with van der Waals surface area (Å²) >= 11 is 0. The van der Waals surface area contributed by atoms with E-state index in [4.69, 9.17) is 18.9 Å². The summed E-state index contributed by atoms with van der Waals surface area (Å²) in [4.78, 5) is 72.3. The van der Waals surface area contributed by atoms with E-state index >= 15 is 19.2 Å². The minimum absolute atomic E-state index is 0.0217. The van der Waals surface area contributed by atoms with Gasteiger partial charge in [-0.05, 0) is 108 Å². The number of benzene rings is 6. The average Bonchev–Trinajstić information content (AvgIpc) is 4.28. The number of hydrogen-bond acceptors (Lipinski definition) is 12. The molecule has 3 saturated heterocycles. The lowest BCUT2D eigenvalue weighted by Gasteiger charge is -2.46. The predicted molar refractivity (Wildman–Crippen MR) is 298 cm³/mol. The van der Waals surface area contributed by atoms with Crippen molar-refractivity contribution in [2.45, 2.75) is 93.3 Å². The molecule has 5 aliphatic heterocycles. The maximum atomic E-state index is 17.1. The molecule has 1 aliphatic carbocycles. The molecule has 410 valence electrons. The van der Waals surface area contributed by atoms with Gasteiger partial charge < -0.3 is 39.4 Å². The Morgan fingerprint density at radius 2 is 1.44 bits per heavy atom.